The summed E-state index contributed by atoms with van der Waals surface area (Å²) in [4.78, 5) is 14.5. The maximum Gasteiger partial charge on any atom is 0.177 e. The molecule has 0 radical (unpaired) electrons. The summed E-state index contributed by atoms with van der Waals surface area (Å²) in [6.07, 6.45) is 0.979. The molecule has 0 atom stereocenters. The molecule has 0 fully saturated rings. The maximum absolute atomic E-state index is 12.0. The Morgan fingerprint density at radius 1 is 1.56 bits per heavy atom. The number of ketones is 1. The predicted octanol–water partition coefficient (Wildman–Crippen LogP) is 2.89. The summed E-state index contributed by atoms with van der Waals surface area (Å²) in [5, 5.41) is 9.98. The zero-order valence-corrected chi connectivity index (χ0v) is 12.1. The second-order valence-electron chi connectivity index (χ2n) is 4.58. The van der Waals surface area contributed by atoms with Crippen molar-refractivity contribution in [3.05, 3.63) is 10.4 Å². The lowest BCUT2D eigenvalue weighted by atomic mass is 10.1. The van der Waals surface area contributed by atoms with Gasteiger partial charge < -0.3 is 10.6 Å². The van der Waals surface area contributed by atoms with Crippen molar-refractivity contribution >= 4 is 27.8 Å². The van der Waals surface area contributed by atoms with Gasteiger partial charge in [-0.3, -0.25) is 4.79 Å². The summed E-state index contributed by atoms with van der Waals surface area (Å²) >= 11 is 1.32. The molecule has 1 rings (SSSR count). The van der Waals surface area contributed by atoms with Crippen LogP contribution in [0.2, 0.25) is 0 Å². The SMILES string of the molecule is CCCN(C)c1sc(C(=O)C(C)C)c(N)c1C#N. The zero-order chi connectivity index (χ0) is 13.9. The average Bonchev–Trinajstić information content (AvgIpc) is 2.65. The largest absolute Gasteiger partial charge is 0.396 e. The third-order valence-electron chi connectivity index (χ3n) is 2.69. The van der Waals surface area contributed by atoms with E-state index in [0.29, 0.717) is 16.1 Å². The van der Waals surface area contributed by atoms with Crippen molar-refractivity contribution < 1.29 is 4.79 Å². The van der Waals surface area contributed by atoms with Crippen LogP contribution in [0, 0.1) is 17.2 Å². The van der Waals surface area contributed by atoms with Gasteiger partial charge in [-0.15, -0.1) is 11.3 Å². The van der Waals surface area contributed by atoms with E-state index in [-0.39, 0.29) is 11.7 Å². The molecule has 0 aliphatic rings. The summed E-state index contributed by atoms with van der Waals surface area (Å²) in [6.45, 7) is 6.58. The van der Waals surface area contributed by atoms with Gasteiger partial charge in [0.1, 0.15) is 16.6 Å². The van der Waals surface area contributed by atoms with E-state index in [1.807, 2.05) is 25.8 Å². The average molecular weight is 265 g/mol. The molecule has 0 bridgehead atoms. The molecule has 5 heteroatoms. The van der Waals surface area contributed by atoms with Crippen molar-refractivity contribution in [2.75, 3.05) is 24.2 Å². The number of carbonyl (C=O) groups excluding carboxylic acids is 1. The molecule has 2 N–H and O–H groups in total. The van der Waals surface area contributed by atoms with Gasteiger partial charge >= 0.3 is 0 Å². The molecule has 0 aliphatic heterocycles. The Kier molecular flexibility index (Phi) is 4.74. The molecule has 0 spiro atoms. The lowest BCUT2D eigenvalue weighted by molar-refractivity contribution is 0.0944. The minimum absolute atomic E-state index is 0.00477. The molecule has 1 aromatic heterocycles. The molecule has 0 saturated carbocycles. The maximum atomic E-state index is 12.0. The van der Waals surface area contributed by atoms with Crippen LogP contribution in [0.4, 0.5) is 10.7 Å². The van der Waals surface area contributed by atoms with Gasteiger partial charge in [-0.2, -0.15) is 5.26 Å². The highest BCUT2D eigenvalue weighted by Gasteiger charge is 2.24. The van der Waals surface area contributed by atoms with Crippen LogP contribution < -0.4 is 10.6 Å². The van der Waals surface area contributed by atoms with E-state index < -0.39 is 0 Å². The van der Waals surface area contributed by atoms with Crippen molar-refractivity contribution in [1.29, 1.82) is 5.26 Å². The number of Topliss-reactive ketones (excluding diaryl/α,β-unsaturated/α-hetero) is 1. The van der Waals surface area contributed by atoms with Gasteiger partial charge in [0, 0.05) is 19.5 Å². The van der Waals surface area contributed by atoms with Gasteiger partial charge in [-0.05, 0) is 6.42 Å². The fourth-order valence-corrected chi connectivity index (χ4v) is 2.94. The van der Waals surface area contributed by atoms with E-state index in [1.54, 1.807) is 0 Å². The standard InChI is InChI=1S/C13H19N3OS/c1-5-6-16(4)13-9(7-14)10(15)12(18-13)11(17)8(2)3/h8H,5-6,15H2,1-4H3. The Balaban J connectivity index is 3.26. The third kappa shape index (κ3) is 2.65. The van der Waals surface area contributed by atoms with Crippen molar-refractivity contribution in [2.24, 2.45) is 5.92 Å². The van der Waals surface area contributed by atoms with Crippen LogP contribution in [0.25, 0.3) is 0 Å². The number of hydrogen-bond donors (Lipinski definition) is 1. The van der Waals surface area contributed by atoms with Crippen LogP contribution in [0.3, 0.4) is 0 Å². The van der Waals surface area contributed by atoms with Crippen LogP contribution in [-0.4, -0.2) is 19.4 Å². The normalized spacial score (nSPS) is 10.4. The van der Waals surface area contributed by atoms with Gasteiger partial charge in [0.15, 0.2) is 5.78 Å². The molecule has 1 aromatic rings. The van der Waals surface area contributed by atoms with Gasteiger partial charge in [-0.1, -0.05) is 20.8 Å². The molecule has 0 amide bonds. The molecular formula is C13H19N3OS. The topological polar surface area (TPSA) is 70.1 Å². The summed E-state index contributed by atoms with van der Waals surface area (Å²) in [6, 6.07) is 2.11. The van der Waals surface area contributed by atoms with Gasteiger partial charge in [0.05, 0.1) is 10.6 Å². The smallest absolute Gasteiger partial charge is 0.177 e. The van der Waals surface area contributed by atoms with E-state index in [1.165, 1.54) is 11.3 Å². The van der Waals surface area contributed by atoms with Gasteiger partial charge in [0.25, 0.3) is 0 Å². The number of nitrogens with zero attached hydrogens (tertiary/aromatic N) is 2. The molecule has 98 valence electrons. The van der Waals surface area contributed by atoms with Gasteiger partial charge in [-0.25, -0.2) is 0 Å². The minimum atomic E-state index is -0.109. The Morgan fingerprint density at radius 3 is 2.61 bits per heavy atom. The zero-order valence-electron chi connectivity index (χ0n) is 11.3. The first-order chi connectivity index (χ1) is 8.43. The van der Waals surface area contributed by atoms with Crippen LogP contribution in [0.1, 0.15) is 42.4 Å². The van der Waals surface area contributed by atoms with Crippen molar-refractivity contribution in [2.45, 2.75) is 27.2 Å². The first kappa shape index (κ1) is 14.5. The second kappa shape index (κ2) is 5.87. The van der Waals surface area contributed by atoms with E-state index in [0.717, 1.165) is 18.0 Å². The number of hydrogen-bond acceptors (Lipinski definition) is 5. The number of nitrogen functional groups attached to an aromatic ring is 1. The first-order valence-electron chi connectivity index (χ1n) is 6.01. The van der Waals surface area contributed by atoms with Crippen molar-refractivity contribution in [3.8, 4) is 6.07 Å². The Labute approximate surface area is 112 Å². The van der Waals surface area contributed by atoms with Gasteiger partial charge in [0.2, 0.25) is 0 Å². The van der Waals surface area contributed by atoms with E-state index >= 15 is 0 Å². The van der Waals surface area contributed by atoms with Crippen LogP contribution in [0.5, 0.6) is 0 Å². The number of rotatable bonds is 5. The second-order valence-corrected chi connectivity index (χ2v) is 5.58. The molecule has 18 heavy (non-hydrogen) atoms. The summed E-state index contributed by atoms with van der Waals surface area (Å²) in [5.41, 5.74) is 6.69. The van der Waals surface area contributed by atoms with E-state index in [2.05, 4.69) is 13.0 Å². The highest BCUT2D eigenvalue weighted by Crippen LogP contribution is 2.38. The lowest BCUT2D eigenvalue weighted by Crippen LogP contribution is -2.17. The molecule has 0 unspecified atom stereocenters. The van der Waals surface area contributed by atoms with Crippen molar-refractivity contribution in [3.63, 3.8) is 0 Å². The molecule has 4 nitrogen and oxygen atoms in total. The number of nitriles is 1. The number of nitrogens with two attached hydrogens (primary N) is 1. The van der Waals surface area contributed by atoms with Crippen LogP contribution >= 0.6 is 11.3 Å². The minimum Gasteiger partial charge on any atom is -0.396 e. The van der Waals surface area contributed by atoms with Crippen LogP contribution in [0.15, 0.2) is 0 Å². The number of anilines is 2. The van der Waals surface area contributed by atoms with E-state index in [4.69, 9.17) is 5.73 Å². The quantitative estimate of drug-likeness (QED) is 0.831. The summed E-state index contributed by atoms with van der Waals surface area (Å²) in [5.74, 6) is -0.105. The molecule has 0 saturated heterocycles. The Hall–Kier alpha value is -1.54. The van der Waals surface area contributed by atoms with Crippen molar-refractivity contribution in [1.82, 2.24) is 0 Å². The van der Waals surface area contributed by atoms with Crippen LogP contribution in [-0.2, 0) is 0 Å². The molecule has 0 aliphatic carbocycles. The fourth-order valence-electron chi connectivity index (χ4n) is 1.69. The molecule has 0 aromatic carbocycles. The third-order valence-corrected chi connectivity index (χ3v) is 4.03. The summed E-state index contributed by atoms with van der Waals surface area (Å²) in [7, 11) is 1.92. The molecular weight excluding hydrogens is 246 g/mol. The number of carbonyl (C=O) groups is 1. The Bertz CT molecular complexity index is 485. The highest BCUT2D eigenvalue weighted by atomic mass is 32.1. The lowest BCUT2D eigenvalue weighted by Gasteiger charge is -2.16. The summed E-state index contributed by atoms with van der Waals surface area (Å²) < 4.78 is 0. The monoisotopic (exact) mass is 265 g/mol. The highest BCUT2D eigenvalue weighted by molar-refractivity contribution is 7.19. The predicted molar refractivity (Wildman–Crippen MR) is 76.2 cm³/mol. The molecule has 1 heterocycles. The number of thiophene rings is 1. The van der Waals surface area contributed by atoms with E-state index in [9.17, 15) is 10.1 Å². The first-order valence-corrected chi connectivity index (χ1v) is 6.83. The Morgan fingerprint density at radius 2 is 2.17 bits per heavy atom. The fraction of sp³-hybridized carbons (Fsp3) is 0.538.